The average Bonchev–Trinajstić information content (AvgIpc) is 3.31. The smallest absolute Gasteiger partial charge is 0.436 e. The highest BCUT2D eigenvalue weighted by atomic mass is 16.6. The number of benzene rings is 1. The van der Waals surface area contributed by atoms with Crippen LogP contribution < -0.4 is 4.74 Å². The van der Waals surface area contributed by atoms with Crippen molar-refractivity contribution in [2.45, 2.75) is 38.1 Å². The van der Waals surface area contributed by atoms with Crippen LogP contribution >= 0.6 is 0 Å². The summed E-state index contributed by atoms with van der Waals surface area (Å²) in [5.41, 5.74) is 0.757. The highest BCUT2D eigenvalue weighted by Crippen LogP contribution is 2.36. The summed E-state index contributed by atoms with van der Waals surface area (Å²) in [7, 11) is 1.54. The normalized spacial score (nSPS) is 25.3. The molecule has 0 bridgehead atoms. The van der Waals surface area contributed by atoms with Gasteiger partial charge in [-0.3, -0.25) is 4.79 Å². The zero-order chi connectivity index (χ0) is 21.8. The van der Waals surface area contributed by atoms with Gasteiger partial charge < -0.3 is 34.2 Å². The van der Waals surface area contributed by atoms with E-state index in [0.29, 0.717) is 5.75 Å². The maximum Gasteiger partial charge on any atom is 0.436 e. The first-order chi connectivity index (χ1) is 14.3. The largest absolute Gasteiger partial charge is 0.497 e. The van der Waals surface area contributed by atoms with Crippen LogP contribution in [-0.4, -0.2) is 57.6 Å². The van der Waals surface area contributed by atoms with Crippen molar-refractivity contribution in [2.24, 2.45) is 0 Å². The zero-order valence-electron chi connectivity index (χ0n) is 16.7. The number of aromatic nitrogens is 2. The Labute approximate surface area is 167 Å². The number of hydrogen-bond acceptors (Lipinski definition) is 9. The Kier molecular flexibility index (Phi) is 5.98. The monoisotopic (exact) mass is 408 g/mol. The number of esters is 1. The van der Waals surface area contributed by atoms with Crippen LogP contribution in [0, 0.1) is 10.1 Å². The second-order valence-electron chi connectivity index (χ2n) is 6.23. The maximum atomic E-state index is 11.7. The molecule has 0 spiro atoms. The number of methoxy groups -OCH3 is 1. The number of nitro groups is 1. The van der Waals surface area contributed by atoms with E-state index in [2.05, 4.69) is 4.98 Å². The van der Waals surface area contributed by atoms with Gasteiger partial charge in [0.15, 0.2) is 6.10 Å². The summed E-state index contributed by atoms with van der Waals surface area (Å²) in [5, 5.41) is 21.1. The highest BCUT2D eigenvalue weighted by molar-refractivity contribution is 5.66. The molecule has 1 aromatic carbocycles. The van der Waals surface area contributed by atoms with Crippen LogP contribution in [0.1, 0.15) is 20.1 Å². The minimum absolute atomic E-state index is 0.0533. The second kappa shape index (κ2) is 8.99. The van der Waals surface area contributed by atoms with Crippen molar-refractivity contribution in [3.8, 4) is 5.75 Å². The van der Waals surface area contributed by atoms with Crippen molar-refractivity contribution in [1.82, 2.24) is 9.55 Å². The summed E-state index contributed by atoms with van der Waals surface area (Å²) >= 11 is 0. The molecule has 2 heterocycles. The molecule has 1 aliphatic rings. The van der Waals surface area contributed by atoms with E-state index in [1.165, 1.54) is 19.3 Å². The first-order valence-electron chi connectivity index (χ1n) is 9.24. The molecule has 29 heavy (non-hydrogen) atoms. The molecule has 156 valence electrons. The number of ether oxygens (including phenoxy) is 4. The number of rotatable bonds is 8. The fourth-order valence-electron chi connectivity index (χ4n) is 3.07. The molecule has 0 aliphatic carbocycles. The molecule has 5 atom stereocenters. The summed E-state index contributed by atoms with van der Waals surface area (Å²) in [6.07, 6.45) is -2.15. The third-order valence-corrected chi connectivity index (χ3v) is 4.36. The highest BCUT2D eigenvalue weighted by Gasteiger charge is 2.51. The predicted octanol–water partition coefficient (Wildman–Crippen LogP) is 1.21. The molecule has 11 heteroatoms. The lowest BCUT2D eigenvalue weighted by Crippen LogP contribution is -2.39. The first-order valence-corrected chi connectivity index (χ1v) is 8.66. The van der Waals surface area contributed by atoms with Crippen LogP contribution in [0.15, 0.2) is 36.7 Å². The third kappa shape index (κ3) is 4.53. The SMILES string of the molecule is [2H]C(O)[C@H]1O[C@H](n2ccnc2[N+](=O)[O-])[C@@H](OC(C)=O)[C@@H]1OCc1ccc(OC)cc1. The van der Waals surface area contributed by atoms with Gasteiger partial charge in [0.2, 0.25) is 6.23 Å². The Bertz CT molecular complexity index is 888. The van der Waals surface area contributed by atoms with Crippen molar-refractivity contribution in [3.05, 3.63) is 52.3 Å². The summed E-state index contributed by atoms with van der Waals surface area (Å²) in [6, 6.07) is 7.00. The Morgan fingerprint density at radius 3 is 2.72 bits per heavy atom. The molecule has 1 fully saturated rings. The summed E-state index contributed by atoms with van der Waals surface area (Å²) in [6.45, 7) is -0.515. The maximum absolute atomic E-state index is 11.7. The third-order valence-electron chi connectivity index (χ3n) is 4.36. The Hall–Kier alpha value is -3.02. The standard InChI is InChI=1S/C18H21N3O8/c1-11(23)28-16-15(27-10-12-3-5-13(26-2)6-4-12)14(9-22)29-17(16)20-8-7-19-18(20)21(24)25/h3-8,14-17,22H,9-10H2,1-2H3/t14-,15-,16+,17+/m1/s1/i9D/t9?,14-,15-,16+,17+. The molecular weight excluding hydrogens is 386 g/mol. The Morgan fingerprint density at radius 1 is 1.41 bits per heavy atom. The second-order valence-corrected chi connectivity index (χ2v) is 6.23. The van der Waals surface area contributed by atoms with Crippen molar-refractivity contribution in [1.29, 1.82) is 0 Å². The van der Waals surface area contributed by atoms with Crippen molar-refractivity contribution in [3.63, 3.8) is 0 Å². The Morgan fingerprint density at radius 2 is 2.14 bits per heavy atom. The lowest BCUT2D eigenvalue weighted by molar-refractivity contribution is -0.398. The van der Waals surface area contributed by atoms with Gasteiger partial charge in [0.05, 0.1) is 21.7 Å². The van der Waals surface area contributed by atoms with E-state index < -0.39 is 48.0 Å². The zero-order valence-corrected chi connectivity index (χ0v) is 15.7. The number of carbonyl (C=O) groups is 1. The van der Waals surface area contributed by atoms with E-state index in [1.54, 1.807) is 31.4 Å². The number of aliphatic hydroxyl groups is 1. The molecule has 2 aromatic rings. The van der Waals surface area contributed by atoms with Gasteiger partial charge in [-0.05, 0) is 22.6 Å². The average molecular weight is 408 g/mol. The molecule has 11 nitrogen and oxygen atoms in total. The predicted molar refractivity (Wildman–Crippen MR) is 97.0 cm³/mol. The molecule has 0 amide bonds. The van der Waals surface area contributed by atoms with Crippen LogP contribution in [0.4, 0.5) is 5.95 Å². The van der Waals surface area contributed by atoms with Gasteiger partial charge >= 0.3 is 11.9 Å². The van der Waals surface area contributed by atoms with Gasteiger partial charge in [0.25, 0.3) is 0 Å². The van der Waals surface area contributed by atoms with Gasteiger partial charge in [-0.1, -0.05) is 17.1 Å². The number of nitrogens with zero attached hydrogens (tertiary/aromatic N) is 3. The Balaban J connectivity index is 1.87. The van der Waals surface area contributed by atoms with Crippen LogP contribution in [0.2, 0.25) is 0 Å². The molecule has 0 radical (unpaired) electrons. The summed E-state index contributed by atoms with van der Waals surface area (Å²) in [4.78, 5) is 25.9. The molecule has 1 aliphatic heterocycles. The van der Waals surface area contributed by atoms with Gasteiger partial charge in [-0.15, -0.1) is 0 Å². The fraction of sp³-hybridized carbons (Fsp3) is 0.444. The fourth-order valence-corrected chi connectivity index (χ4v) is 3.07. The van der Waals surface area contributed by atoms with Crippen LogP contribution in [0.25, 0.3) is 0 Å². The van der Waals surface area contributed by atoms with E-state index in [4.69, 9.17) is 20.3 Å². The first kappa shape index (κ1) is 19.3. The number of aliphatic hydroxyl groups excluding tert-OH is 1. The quantitative estimate of drug-likeness (QED) is 0.388. The molecule has 1 unspecified atom stereocenters. The van der Waals surface area contributed by atoms with E-state index in [9.17, 15) is 20.0 Å². The molecule has 1 saturated heterocycles. The summed E-state index contributed by atoms with van der Waals surface area (Å²) in [5.74, 6) is -0.548. The number of carbonyl (C=O) groups excluding carboxylic acids is 1. The molecule has 1 aromatic heterocycles. The molecule has 1 N–H and O–H groups in total. The molecule has 3 rings (SSSR count). The van der Waals surface area contributed by atoms with Crippen molar-refractivity contribution < 1.29 is 35.1 Å². The lowest BCUT2D eigenvalue weighted by Gasteiger charge is -2.23. The lowest BCUT2D eigenvalue weighted by atomic mass is 10.1. The van der Waals surface area contributed by atoms with E-state index in [-0.39, 0.29) is 6.61 Å². The molecular formula is C18H21N3O8. The number of hydrogen-bond donors (Lipinski definition) is 1. The van der Waals surface area contributed by atoms with Gasteiger partial charge in [0, 0.05) is 6.92 Å². The number of imidazole rings is 1. The minimum Gasteiger partial charge on any atom is -0.497 e. The van der Waals surface area contributed by atoms with Crippen LogP contribution in [0.5, 0.6) is 5.75 Å². The van der Waals surface area contributed by atoms with E-state index >= 15 is 0 Å². The van der Waals surface area contributed by atoms with Crippen molar-refractivity contribution >= 4 is 11.9 Å². The van der Waals surface area contributed by atoms with Crippen LogP contribution in [0.3, 0.4) is 0 Å². The minimum atomic E-state index is -1.74. The molecule has 0 saturated carbocycles. The van der Waals surface area contributed by atoms with Crippen molar-refractivity contribution in [2.75, 3.05) is 13.7 Å². The summed E-state index contributed by atoms with van der Waals surface area (Å²) < 4.78 is 30.7. The van der Waals surface area contributed by atoms with Gasteiger partial charge in [0.1, 0.15) is 30.4 Å². The topological polar surface area (TPSA) is 135 Å². The van der Waals surface area contributed by atoms with Gasteiger partial charge in [-0.25, -0.2) is 0 Å². The van der Waals surface area contributed by atoms with Crippen LogP contribution in [-0.2, 0) is 25.6 Å². The van der Waals surface area contributed by atoms with E-state index in [1.807, 2.05) is 0 Å². The van der Waals surface area contributed by atoms with E-state index in [0.717, 1.165) is 10.1 Å². The van der Waals surface area contributed by atoms with Gasteiger partial charge in [-0.2, -0.15) is 4.57 Å².